The van der Waals surface area contributed by atoms with E-state index in [9.17, 15) is 0 Å². The zero-order valence-corrected chi connectivity index (χ0v) is 23.6. The summed E-state index contributed by atoms with van der Waals surface area (Å²) >= 11 is 0. The number of aryl methyl sites for hydroxylation is 2. The number of rotatable bonds is 8. The summed E-state index contributed by atoms with van der Waals surface area (Å²) in [4.78, 5) is 0. The fraction of sp³-hybridized carbons (Fsp3) is 0.0769. The molecule has 1 N–H and O–H groups in total. The van der Waals surface area contributed by atoms with Crippen LogP contribution in [0.2, 0.25) is 0 Å². The molecule has 41 heavy (non-hydrogen) atoms. The minimum Gasteiger partial charge on any atom is -0.454 e. The van der Waals surface area contributed by atoms with E-state index < -0.39 is 5.41 Å². The summed E-state index contributed by atoms with van der Waals surface area (Å²) in [5.74, 6) is 0.699. The van der Waals surface area contributed by atoms with Gasteiger partial charge in [-0.1, -0.05) is 135 Å². The van der Waals surface area contributed by atoms with Crippen LogP contribution in [-0.4, -0.2) is 0 Å². The van der Waals surface area contributed by atoms with E-state index >= 15 is 0 Å². The lowest BCUT2D eigenvalue weighted by Gasteiger charge is -2.35. The van der Waals surface area contributed by atoms with Crippen molar-refractivity contribution < 1.29 is 4.42 Å². The normalized spacial score (nSPS) is 13.6. The van der Waals surface area contributed by atoms with Crippen LogP contribution in [0.1, 0.15) is 44.7 Å². The standard InChI is InChI=1S/C39H33NO/c1-7-30-31-14-12-16-35(38(31)41-36(30)9-3)40-27(6)37-32-13-10-11-15-34(32)39(33(37)8-2,28-21-17-25(4)18-22-28)29-23-19-26(5)20-24-29/h7-24,40H,1-3,6H2,4-5H3. The number of hydrogen-bond donors (Lipinski definition) is 1. The van der Waals surface area contributed by atoms with Gasteiger partial charge < -0.3 is 9.73 Å². The Hall–Kier alpha value is -5.08. The van der Waals surface area contributed by atoms with Crippen molar-refractivity contribution in [3.05, 3.63) is 179 Å². The number of furan rings is 1. The molecular weight excluding hydrogens is 498 g/mol. The minimum atomic E-state index is -0.553. The highest BCUT2D eigenvalue weighted by molar-refractivity contribution is 6.01. The fourth-order valence-electron chi connectivity index (χ4n) is 6.32. The molecule has 1 aliphatic carbocycles. The maximum absolute atomic E-state index is 6.23. The number of allylic oxidation sites excluding steroid dienone is 3. The number of anilines is 1. The Morgan fingerprint density at radius 2 is 1.37 bits per heavy atom. The first-order valence-electron chi connectivity index (χ1n) is 13.8. The second kappa shape index (κ2) is 10.1. The van der Waals surface area contributed by atoms with Gasteiger partial charge in [0.25, 0.3) is 0 Å². The number of hydrogen-bond acceptors (Lipinski definition) is 2. The van der Waals surface area contributed by atoms with Gasteiger partial charge in [0.2, 0.25) is 0 Å². The highest BCUT2D eigenvalue weighted by Gasteiger charge is 2.47. The molecule has 0 fully saturated rings. The second-order valence-corrected chi connectivity index (χ2v) is 10.6. The third-order valence-corrected chi connectivity index (χ3v) is 8.21. The number of benzene rings is 4. The van der Waals surface area contributed by atoms with Crippen LogP contribution in [0.4, 0.5) is 5.69 Å². The molecule has 0 aliphatic heterocycles. The van der Waals surface area contributed by atoms with Gasteiger partial charge in [0.05, 0.1) is 11.1 Å². The van der Waals surface area contributed by atoms with Gasteiger partial charge in [0.1, 0.15) is 5.76 Å². The predicted molar refractivity (Wildman–Crippen MR) is 175 cm³/mol. The van der Waals surface area contributed by atoms with E-state index in [1.54, 1.807) is 6.08 Å². The molecule has 1 aliphatic rings. The molecule has 0 spiro atoms. The molecule has 1 aromatic heterocycles. The van der Waals surface area contributed by atoms with Crippen LogP contribution in [0.3, 0.4) is 0 Å². The monoisotopic (exact) mass is 531 g/mol. The topological polar surface area (TPSA) is 25.2 Å². The lowest BCUT2D eigenvalue weighted by molar-refractivity contribution is 0.604. The van der Waals surface area contributed by atoms with E-state index in [2.05, 4.69) is 118 Å². The lowest BCUT2D eigenvalue weighted by Crippen LogP contribution is -2.29. The summed E-state index contributed by atoms with van der Waals surface area (Å²) in [6.07, 6.45) is 5.53. The molecule has 2 nitrogen and oxygen atoms in total. The molecule has 6 rings (SSSR count). The van der Waals surface area contributed by atoms with Crippen molar-refractivity contribution in [3.8, 4) is 0 Å². The molecule has 0 saturated heterocycles. The second-order valence-electron chi connectivity index (χ2n) is 10.6. The van der Waals surface area contributed by atoms with Crippen LogP contribution in [0.25, 0.3) is 28.7 Å². The third kappa shape index (κ3) is 3.95. The van der Waals surface area contributed by atoms with E-state index in [-0.39, 0.29) is 0 Å². The van der Waals surface area contributed by atoms with Gasteiger partial charge >= 0.3 is 0 Å². The van der Waals surface area contributed by atoms with Gasteiger partial charge in [-0.2, -0.15) is 0 Å². The summed E-state index contributed by atoms with van der Waals surface area (Å²) in [6, 6.07) is 32.4. The van der Waals surface area contributed by atoms with Crippen LogP contribution >= 0.6 is 0 Å². The largest absolute Gasteiger partial charge is 0.454 e. The fourth-order valence-corrected chi connectivity index (χ4v) is 6.32. The molecule has 1 heterocycles. The Labute approximate surface area is 242 Å². The zero-order chi connectivity index (χ0) is 28.7. The zero-order valence-electron chi connectivity index (χ0n) is 23.6. The molecule has 2 heteroatoms. The van der Waals surface area contributed by atoms with Gasteiger partial charge in [0, 0.05) is 22.2 Å². The van der Waals surface area contributed by atoms with Gasteiger partial charge in [-0.05, 0) is 53.8 Å². The quantitative estimate of drug-likeness (QED) is 0.215. The van der Waals surface area contributed by atoms with E-state index in [0.29, 0.717) is 5.76 Å². The Balaban J connectivity index is 1.60. The molecule has 0 saturated carbocycles. The average Bonchev–Trinajstić information content (AvgIpc) is 3.52. The minimum absolute atomic E-state index is 0.553. The van der Waals surface area contributed by atoms with Crippen molar-refractivity contribution in [1.29, 1.82) is 0 Å². The van der Waals surface area contributed by atoms with Gasteiger partial charge in [0.15, 0.2) is 5.58 Å². The Bertz CT molecular complexity index is 1830. The summed E-state index contributed by atoms with van der Waals surface area (Å²) in [6.45, 7) is 21.1. The van der Waals surface area contributed by atoms with Crippen molar-refractivity contribution in [3.63, 3.8) is 0 Å². The van der Waals surface area contributed by atoms with Crippen molar-refractivity contribution in [2.24, 2.45) is 0 Å². The van der Waals surface area contributed by atoms with Crippen molar-refractivity contribution in [1.82, 2.24) is 0 Å². The van der Waals surface area contributed by atoms with E-state index in [1.165, 1.54) is 27.8 Å². The van der Waals surface area contributed by atoms with Crippen molar-refractivity contribution >= 4 is 34.4 Å². The first-order chi connectivity index (χ1) is 19.9. The number of para-hydroxylation sites is 1. The van der Waals surface area contributed by atoms with E-state index in [1.807, 2.05) is 30.4 Å². The summed E-state index contributed by atoms with van der Waals surface area (Å²) in [7, 11) is 0. The molecule has 0 radical (unpaired) electrons. The number of nitrogens with one attached hydrogen (secondary N) is 1. The van der Waals surface area contributed by atoms with Crippen molar-refractivity contribution in [2.45, 2.75) is 19.3 Å². The summed E-state index contributed by atoms with van der Waals surface area (Å²) in [5.41, 5.74) is 12.0. The van der Waals surface area contributed by atoms with Gasteiger partial charge in [-0.25, -0.2) is 0 Å². The Morgan fingerprint density at radius 1 is 0.732 bits per heavy atom. The average molecular weight is 532 g/mol. The molecule has 0 unspecified atom stereocenters. The summed E-state index contributed by atoms with van der Waals surface area (Å²) < 4.78 is 6.23. The Kier molecular flexibility index (Phi) is 6.47. The van der Waals surface area contributed by atoms with E-state index in [4.69, 9.17) is 4.42 Å². The van der Waals surface area contributed by atoms with Crippen LogP contribution in [-0.2, 0) is 5.41 Å². The van der Waals surface area contributed by atoms with Gasteiger partial charge in [-0.15, -0.1) is 0 Å². The molecule has 200 valence electrons. The molecule has 0 bridgehead atoms. The SMILES string of the molecule is C=CC1=C(C(=C)Nc2cccc3c(C=C)c(C=C)oc23)c2ccccc2C1(c1ccc(C)cc1)c1ccc(C)cc1. The third-order valence-electron chi connectivity index (χ3n) is 8.21. The molecule has 5 aromatic rings. The van der Waals surface area contributed by atoms with Crippen LogP contribution in [0.5, 0.6) is 0 Å². The molecule has 0 amide bonds. The van der Waals surface area contributed by atoms with Crippen LogP contribution in [0.15, 0.2) is 139 Å². The molecular formula is C39H33NO. The maximum atomic E-state index is 6.23. The first kappa shape index (κ1) is 26.2. The smallest absolute Gasteiger partial charge is 0.158 e. The van der Waals surface area contributed by atoms with E-state index in [0.717, 1.165) is 44.6 Å². The highest BCUT2D eigenvalue weighted by atomic mass is 16.3. The number of fused-ring (bicyclic) bond motifs is 2. The Morgan fingerprint density at radius 3 is 1.95 bits per heavy atom. The first-order valence-corrected chi connectivity index (χ1v) is 13.8. The molecule has 0 atom stereocenters. The highest BCUT2D eigenvalue weighted by Crippen LogP contribution is 2.56. The molecule has 4 aromatic carbocycles. The lowest BCUT2D eigenvalue weighted by atomic mass is 9.66. The maximum Gasteiger partial charge on any atom is 0.158 e. The predicted octanol–water partition coefficient (Wildman–Crippen LogP) is 10.2. The van der Waals surface area contributed by atoms with Crippen LogP contribution in [0, 0.1) is 13.8 Å². The van der Waals surface area contributed by atoms with Crippen molar-refractivity contribution in [2.75, 3.05) is 5.32 Å². The summed E-state index contributed by atoms with van der Waals surface area (Å²) in [5, 5.41) is 4.60. The van der Waals surface area contributed by atoms with Gasteiger partial charge in [-0.3, -0.25) is 0 Å². The van der Waals surface area contributed by atoms with Crippen LogP contribution < -0.4 is 5.32 Å².